The highest BCUT2D eigenvalue weighted by atomic mass is 19.1. The molecule has 19 heavy (non-hydrogen) atoms. The smallest absolute Gasteiger partial charge is 0.130 e. The molecule has 0 saturated carbocycles. The molecule has 1 saturated heterocycles. The first kappa shape index (κ1) is 14.4. The SMILES string of the molecule is CCN1CCC(NC(C)c2ccc(F)cc2F)CC1. The largest absolute Gasteiger partial charge is 0.307 e. The Morgan fingerprint density at radius 1 is 1.32 bits per heavy atom. The van der Waals surface area contributed by atoms with E-state index in [1.165, 1.54) is 12.1 Å². The fraction of sp³-hybridized carbons (Fsp3) is 0.600. The molecule has 2 nitrogen and oxygen atoms in total. The maximum Gasteiger partial charge on any atom is 0.130 e. The van der Waals surface area contributed by atoms with Crippen LogP contribution in [0.5, 0.6) is 0 Å². The average molecular weight is 268 g/mol. The van der Waals surface area contributed by atoms with Gasteiger partial charge >= 0.3 is 0 Å². The Morgan fingerprint density at radius 3 is 2.58 bits per heavy atom. The van der Waals surface area contributed by atoms with Crippen LogP contribution in [0.15, 0.2) is 18.2 Å². The van der Waals surface area contributed by atoms with Gasteiger partial charge in [0, 0.05) is 23.7 Å². The van der Waals surface area contributed by atoms with Crippen LogP contribution in [0, 0.1) is 11.6 Å². The fourth-order valence-electron chi connectivity index (χ4n) is 2.71. The van der Waals surface area contributed by atoms with Crippen molar-refractivity contribution in [2.75, 3.05) is 19.6 Å². The first-order valence-corrected chi connectivity index (χ1v) is 7.03. The zero-order chi connectivity index (χ0) is 13.8. The zero-order valence-corrected chi connectivity index (χ0v) is 11.6. The number of likely N-dealkylation sites (tertiary alicyclic amines) is 1. The number of halogens is 2. The van der Waals surface area contributed by atoms with Crippen LogP contribution in [0.1, 0.15) is 38.3 Å². The summed E-state index contributed by atoms with van der Waals surface area (Å²) in [6.45, 7) is 7.38. The second kappa shape index (κ2) is 6.44. The Labute approximate surface area is 113 Å². The van der Waals surface area contributed by atoms with E-state index in [0.717, 1.165) is 38.5 Å². The molecule has 0 spiro atoms. The lowest BCUT2D eigenvalue weighted by atomic mass is 10.0. The summed E-state index contributed by atoms with van der Waals surface area (Å²) in [5.41, 5.74) is 0.541. The predicted molar refractivity (Wildman–Crippen MR) is 73.0 cm³/mol. The molecule has 1 aromatic carbocycles. The molecule has 2 rings (SSSR count). The third-order valence-electron chi connectivity index (χ3n) is 3.95. The summed E-state index contributed by atoms with van der Waals surface area (Å²) < 4.78 is 26.6. The highest BCUT2D eigenvalue weighted by Crippen LogP contribution is 2.20. The standard InChI is InChI=1S/C15H22F2N2/c1-3-19-8-6-13(7-9-19)18-11(2)14-5-4-12(16)10-15(14)17/h4-5,10-11,13,18H,3,6-9H2,1-2H3. The Morgan fingerprint density at radius 2 is 2.00 bits per heavy atom. The molecule has 1 aromatic rings. The molecule has 4 heteroatoms. The average Bonchev–Trinajstić information content (AvgIpc) is 2.39. The van der Waals surface area contributed by atoms with Crippen LogP contribution >= 0.6 is 0 Å². The van der Waals surface area contributed by atoms with Gasteiger partial charge < -0.3 is 10.2 Å². The van der Waals surface area contributed by atoms with Crippen LogP contribution in [0.3, 0.4) is 0 Å². The van der Waals surface area contributed by atoms with E-state index in [4.69, 9.17) is 0 Å². The third kappa shape index (κ3) is 3.74. The Kier molecular flexibility index (Phi) is 4.88. The second-order valence-electron chi connectivity index (χ2n) is 5.26. The van der Waals surface area contributed by atoms with E-state index < -0.39 is 11.6 Å². The van der Waals surface area contributed by atoms with E-state index in [9.17, 15) is 8.78 Å². The Balaban J connectivity index is 1.92. The molecule has 1 unspecified atom stereocenters. The van der Waals surface area contributed by atoms with Gasteiger partial charge in [0.2, 0.25) is 0 Å². The van der Waals surface area contributed by atoms with Gasteiger partial charge in [-0.2, -0.15) is 0 Å². The lowest BCUT2D eigenvalue weighted by Crippen LogP contribution is -2.43. The quantitative estimate of drug-likeness (QED) is 0.902. The number of piperidine rings is 1. The molecule has 1 aliphatic heterocycles. The van der Waals surface area contributed by atoms with Crippen LogP contribution in [-0.4, -0.2) is 30.6 Å². The van der Waals surface area contributed by atoms with Gasteiger partial charge in [-0.05, 0) is 45.5 Å². The van der Waals surface area contributed by atoms with E-state index in [-0.39, 0.29) is 6.04 Å². The van der Waals surface area contributed by atoms with Gasteiger partial charge in [0.15, 0.2) is 0 Å². The maximum absolute atomic E-state index is 13.7. The summed E-state index contributed by atoms with van der Waals surface area (Å²) >= 11 is 0. The first-order valence-electron chi connectivity index (χ1n) is 7.03. The van der Waals surface area contributed by atoms with Crippen molar-refractivity contribution in [1.29, 1.82) is 0 Å². The number of hydrogen-bond acceptors (Lipinski definition) is 2. The first-order chi connectivity index (χ1) is 9.10. The lowest BCUT2D eigenvalue weighted by molar-refractivity contribution is 0.200. The molecule has 1 aliphatic rings. The summed E-state index contributed by atoms with van der Waals surface area (Å²) in [6.07, 6.45) is 2.17. The van der Waals surface area contributed by atoms with E-state index >= 15 is 0 Å². The summed E-state index contributed by atoms with van der Waals surface area (Å²) in [5.74, 6) is -0.990. The van der Waals surface area contributed by atoms with Gasteiger partial charge in [-0.15, -0.1) is 0 Å². The Hall–Kier alpha value is -1.00. The molecule has 1 N–H and O–H groups in total. The molecule has 0 aromatic heterocycles. The van der Waals surface area contributed by atoms with Gasteiger partial charge in [0.1, 0.15) is 11.6 Å². The fourth-order valence-corrected chi connectivity index (χ4v) is 2.71. The summed E-state index contributed by atoms with van der Waals surface area (Å²) in [7, 11) is 0. The van der Waals surface area contributed by atoms with E-state index in [1.807, 2.05) is 6.92 Å². The van der Waals surface area contributed by atoms with Crippen molar-refractivity contribution in [3.63, 3.8) is 0 Å². The molecular formula is C15H22F2N2. The normalized spacial score (nSPS) is 19.6. The third-order valence-corrected chi connectivity index (χ3v) is 3.95. The van der Waals surface area contributed by atoms with Gasteiger partial charge in [-0.1, -0.05) is 13.0 Å². The van der Waals surface area contributed by atoms with E-state index in [1.54, 1.807) is 0 Å². The molecule has 1 heterocycles. The second-order valence-corrected chi connectivity index (χ2v) is 5.26. The van der Waals surface area contributed by atoms with Crippen LogP contribution in [-0.2, 0) is 0 Å². The minimum Gasteiger partial charge on any atom is -0.307 e. The van der Waals surface area contributed by atoms with Gasteiger partial charge in [-0.3, -0.25) is 0 Å². The minimum atomic E-state index is -0.523. The van der Waals surface area contributed by atoms with E-state index in [0.29, 0.717) is 11.6 Å². The number of nitrogens with zero attached hydrogens (tertiary/aromatic N) is 1. The molecule has 1 fully saturated rings. The van der Waals surface area contributed by atoms with Crippen LogP contribution in [0.4, 0.5) is 8.78 Å². The van der Waals surface area contributed by atoms with Crippen molar-refractivity contribution in [2.24, 2.45) is 0 Å². The molecule has 0 radical (unpaired) electrons. The minimum absolute atomic E-state index is 0.0845. The molecule has 1 atom stereocenters. The van der Waals surface area contributed by atoms with E-state index in [2.05, 4.69) is 17.1 Å². The van der Waals surface area contributed by atoms with Crippen molar-refractivity contribution < 1.29 is 8.78 Å². The van der Waals surface area contributed by atoms with Gasteiger partial charge in [-0.25, -0.2) is 8.78 Å². The van der Waals surface area contributed by atoms with Crippen molar-refractivity contribution in [3.05, 3.63) is 35.4 Å². The van der Waals surface area contributed by atoms with Crippen LogP contribution < -0.4 is 5.32 Å². The van der Waals surface area contributed by atoms with Gasteiger partial charge in [0.25, 0.3) is 0 Å². The van der Waals surface area contributed by atoms with Crippen molar-refractivity contribution >= 4 is 0 Å². The number of benzene rings is 1. The molecule has 0 bridgehead atoms. The zero-order valence-electron chi connectivity index (χ0n) is 11.6. The topological polar surface area (TPSA) is 15.3 Å². The predicted octanol–water partition coefficient (Wildman–Crippen LogP) is 3.10. The van der Waals surface area contributed by atoms with Crippen molar-refractivity contribution in [2.45, 2.75) is 38.8 Å². The lowest BCUT2D eigenvalue weighted by Gasteiger charge is -2.33. The molecule has 0 aliphatic carbocycles. The Bertz CT molecular complexity index is 415. The highest BCUT2D eigenvalue weighted by molar-refractivity contribution is 5.21. The summed E-state index contributed by atoms with van der Waals surface area (Å²) in [6, 6.07) is 4.13. The van der Waals surface area contributed by atoms with Crippen LogP contribution in [0.2, 0.25) is 0 Å². The highest BCUT2D eigenvalue weighted by Gasteiger charge is 2.21. The van der Waals surface area contributed by atoms with Crippen LogP contribution in [0.25, 0.3) is 0 Å². The monoisotopic (exact) mass is 268 g/mol. The molecule has 106 valence electrons. The maximum atomic E-state index is 13.7. The van der Waals surface area contributed by atoms with Crippen molar-refractivity contribution in [3.8, 4) is 0 Å². The number of nitrogens with one attached hydrogen (secondary N) is 1. The molecule has 0 amide bonds. The number of hydrogen-bond donors (Lipinski definition) is 1. The van der Waals surface area contributed by atoms with Gasteiger partial charge in [0.05, 0.1) is 0 Å². The van der Waals surface area contributed by atoms with Crippen molar-refractivity contribution in [1.82, 2.24) is 10.2 Å². The summed E-state index contributed by atoms with van der Waals surface area (Å²) in [5, 5.41) is 3.45. The number of rotatable bonds is 4. The molecular weight excluding hydrogens is 246 g/mol. The summed E-state index contributed by atoms with van der Waals surface area (Å²) in [4.78, 5) is 2.42.